The zero-order valence-electron chi connectivity index (χ0n) is 43.5. The van der Waals surface area contributed by atoms with Crippen LogP contribution in [0.1, 0.15) is 22.3 Å². The number of nitrogen functional groups attached to an aromatic ring is 2. The van der Waals surface area contributed by atoms with Crippen LogP contribution in [0.15, 0.2) is 155 Å². The van der Waals surface area contributed by atoms with Gasteiger partial charge in [-0.15, -0.1) is 35.8 Å². The number of anilines is 2. The zero-order valence-corrected chi connectivity index (χ0v) is 48.4. The Kier molecular flexibility index (Phi) is 16.3. The summed E-state index contributed by atoms with van der Waals surface area (Å²) in [5.41, 5.74) is -0.459. The molecule has 0 saturated carbocycles. The van der Waals surface area contributed by atoms with Gasteiger partial charge in [0.05, 0.1) is 22.4 Å². The number of nitrogens with two attached hydrogens (primary N) is 2. The van der Waals surface area contributed by atoms with E-state index in [-0.39, 0.29) is 23.5 Å². The molecule has 0 aliphatic rings. The lowest BCUT2D eigenvalue weighted by Crippen LogP contribution is -2.10. The minimum Gasteiger partial charge on any atom is -0.505 e. The quantitative estimate of drug-likeness (QED) is 0.0259. The largest absolute Gasteiger partial charge is 0.505 e. The summed E-state index contributed by atoms with van der Waals surface area (Å²) in [5, 5.41) is 50.0. The topological polar surface area (TPSA) is 518 Å². The van der Waals surface area contributed by atoms with Gasteiger partial charge in [-0.3, -0.25) is 27.3 Å². The molecule has 30 nitrogen and oxygen atoms in total. The van der Waals surface area contributed by atoms with Gasteiger partial charge in [0.25, 0.3) is 60.7 Å². The predicted molar refractivity (Wildman–Crippen MR) is 299 cm³/mol. The molecule has 38 heteroatoms. The summed E-state index contributed by atoms with van der Waals surface area (Å²) in [5.74, 6) is -5.92. The van der Waals surface area contributed by atoms with E-state index in [0.717, 1.165) is 31.2 Å². The molecule has 0 aliphatic carbocycles. The van der Waals surface area contributed by atoms with E-state index in [1.165, 1.54) is 37.3 Å². The minimum absolute atomic E-state index is 0.0259. The Bertz CT molecular complexity index is 5170. The van der Waals surface area contributed by atoms with Crippen molar-refractivity contribution in [3.05, 3.63) is 119 Å². The van der Waals surface area contributed by atoms with Gasteiger partial charge in [-0.25, -0.2) is 8.78 Å². The monoisotopic (exact) mass is 1300 g/mol. The van der Waals surface area contributed by atoms with Crippen molar-refractivity contribution in [2.24, 2.45) is 40.9 Å². The second kappa shape index (κ2) is 22.2. The number of nitrogens with zero attached hydrogens (tertiary/aromatic N) is 8. The van der Waals surface area contributed by atoms with Crippen LogP contribution in [0, 0.1) is 39.3 Å². The summed E-state index contributed by atoms with van der Waals surface area (Å²) in [4.78, 5) is -8.69. The van der Waals surface area contributed by atoms with Crippen molar-refractivity contribution in [1.29, 1.82) is 0 Å². The number of azo groups is 4. The molecule has 8 aromatic rings. The van der Waals surface area contributed by atoms with E-state index in [2.05, 4.69) is 40.9 Å². The molecule has 0 atom stereocenters. The maximum absolute atomic E-state index is 16.8. The molecular weight excluding hydrogens is 1270 g/mol. The van der Waals surface area contributed by atoms with Gasteiger partial charge in [0.1, 0.15) is 80.8 Å². The van der Waals surface area contributed by atoms with Crippen LogP contribution in [0.25, 0.3) is 32.7 Å². The number of rotatable bonds is 15. The molecule has 0 aliphatic heterocycles. The number of hydrogen-bond acceptors (Lipinski definition) is 24. The van der Waals surface area contributed by atoms with E-state index in [0.29, 0.717) is 36.2 Å². The predicted octanol–water partition coefficient (Wildman–Crippen LogP) is 10.9. The molecule has 0 amide bonds. The minimum atomic E-state index is -6.34. The Morgan fingerprint density at radius 2 is 0.884 bits per heavy atom. The van der Waals surface area contributed by atoms with E-state index in [1.807, 2.05) is 0 Å². The summed E-state index contributed by atoms with van der Waals surface area (Å²) in [6.07, 6.45) is 0. The molecule has 0 saturated heterocycles. The molecular formula is C48H38F2N10O20S6. The van der Waals surface area contributed by atoms with Gasteiger partial charge in [0, 0.05) is 34.0 Å². The summed E-state index contributed by atoms with van der Waals surface area (Å²) in [6.45, 7) is 4.84. The van der Waals surface area contributed by atoms with Gasteiger partial charge in [0.2, 0.25) is 0 Å². The molecule has 0 unspecified atom stereocenters. The van der Waals surface area contributed by atoms with Crippen LogP contribution < -0.4 is 11.5 Å². The van der Waals surface area contributed by atoms with Crippen molar-refractivity contribution in [2.45, 2.75) is 57.1 Å². The molecule has 0 bridgehead atoms. The zero-order chi connectivity index (χ0) is 63.9. The molecule has 0 heterocycles. The smallest absolute Gasteiger partial charge is 0.297 e. The van der Waals surface area contributed by atoms with Crippen molar-refractivity contribution in [3.8, 4) is 22.6 Å². The number of phenolic OH excluding ortho intramolecular Hbond substituents is 2. The lowest BCUT2D eigenvalue weighted by atomic mass is 9.91. The van der Waals surface area contributed by atoms with E-state index in [4.69, 9.17) is 11.5 Å². The summed E-state index contributed by atoms with van der Waals surface area (Å²) in [7, 11) is -34.4. The van der Waals surface area contributed by atoms with Crippen LogP contribution in [0.5, 0.6) is 11.5 Å². The van der Waals surface area contributed by atoms with Gasteiger partial charge in [-0.05, 0) is 104 Å². The fourth-order valence-electron chi connectivity index (χ4n) is 8.52. The third-order valence-electron chi connectivity index (χ3n) is 12.5. The molecule has 0 spiro atoms. The normalized spacial score (nSPS) is 13.2. The lowest BCUT2D eigenvalue weighted by molar-refractivity contribution is 0.471. The molecule has 0 radical (unpaired) electrons. The van der Waals surface area contributed by atoms with Crippen LogP contribution in [0.3, 0.4) is 0 Å². The number of halogens is 2. The highest BCUT2D eigenvalue weighted by Gasteiger charge is 2.38. The molecule has 0 fully saturated rings. The van der Waals surface area contributed by atoms with Gasteiger partial charge < -0.3 is 21.7 Å². The molecule has 12 N–H and O–H groups in total. The highest BCUT2D eigenvalue weighted by Crippen LogP contribution is 2.56. The molecule has 8 rings (SSSR count). The van der Waals surface area contributed by atoms with E-state index >= 15 is 8.78 Å². The highest BCUT2D eigenvalue weighted by atomic mass is 32.2. The number of phenols is 2. The fraction of sp³-hybridized carbons (Fsp3) is 0.0833. The van der Waals surface area contributed by atoms with Crippen LogP contribution in [-0.2, 0) is 60.7 Å². The van der Waals surface area contributed by atoms with Crippen molar-refractivity contribution >= 4 is 139 Å². The molecule has 8 aromatic carbocycles. The van der Waals surface area contributed by atoms with Gasteiger partial charge in [0.15, 0.2) is 11.5 Å². The van der Waals surface area contributed by atoms with E-state index < -0.39 is 203 Å². The first-order valence-electron chi connectivity index (χ1n) is 23.2. The average molecular weight is 1310 g/mol. The SMILES string of the molecule is Cc1ccc(N=Nc2c(S(=O)(=O)O)cc3c(-c4c(C)c(F)cc(N=Nc5c(S(=O)(=O)O)cc6c(N=Nc7ccc(C)cc7S(=O)(=O)O)c(N)ccc6c5O)c4S(=O)(=O)O)c(S(=O)(=O)O)c(N=Nc4cc(F)c(C)cc4S(=O)(=O)O)c(O)c3c2N)cc1. The number of fused-ring (bicyclic) bond motifs is 2. The first kappa shape index (κ1) is 63.2. The number of aromatic hydroxyl groups is 2. The lowest BCUT2D eigenvalue weighted by Gasteiger charge is -2.22. The maximum Gasteiger partial charge on any atom is 0.297 e. The van der Waals surface area contributed by atoms with Crippen LogP contribution in [0.2, 0.25) is 0 Å². The Balaban J connectivity index is 1.51. The average Bonchev–Trinajstić information content (AvgIpc) is 0.716. The Hall–Kier alpha value is -8.80. The van der Waals surface area contributed by atoms with E-state index in [1.54, 1.807) is 6.92 Å². The number of benzene rings is 8. The maximum atomic E-state index is 16.8. The van der Waals surface area contributed by atoms with E-state index in [9.17, 15) is 88.0 Å². The summed E-state index contributed by atoms with van der Waals surface area (Å²) < 4.78 is 253. The van der Waals surface area contributed by atoms with Crippen molar-refractivity contribution in [2.75, 3.05) is 11.5 Å². The van der Waals surface area contributed by atoms with Crippen LogP contribution in [0.4, 0.5) is 65.7 Å². The van der Waals surface area contributed by atoms with Crippen LogP contribution >= 0.6 is 0 Å². The summed E-state index contributed by atoms with van der Waals surface area (Å²) in [6, 6.07) is 13.1. The number of hydrogen-bond donors (Lipinski definition) is 10. The Morgan fingerprint density at radius 3 is 1.47 bits per heavy atom. The molecule has 0 aromatic heterocycles. The third-order valence-corrected chi connectivity index (χ3v) is 17.8. The van der Waals surface area contributed by atoms with Gasteiger partial charge in [-0.2, -0.15) is 55.6 Å². The second-order valence-corrected chi connectivity index (χ2v) is 26.6. The third kappa shape index (κ3) is 12.3. The Morgan fingerprint density at radius 1 is 0.395 bits per heavy atom. The first-order valence-corrected chi connectivity index (χ1v) is 31.8. The standard InChI is InChI=1S/C48H38F2N10O20S6/c1-19-5-8-23(9-6-19)53-58-42-35(83(69,70)71)16-26-38(48(86(78,79)80)44(46(62)39(26)40(42)52)60-55-31-17-27(49)21(3)14-34(31)82(66,67)68)37-22(4)28(50)18-32(47(37)85(75,76)77)56-59-43-36(84(72,73)74)15-25-24(45(43)61)10-11-29(51)41(25)57-54-30-12-7-20(2)13-33(30)81(63,64)65/h5-18,61-62H,51-52H2,1-4H3,(H,63,64,65)(H,66,67,68)(H,69,70,71)(H,72,73,74)(H,75,76,77)(H,78,79,80). The first-order chi connectivity index (χ1) is 39.6. The van der Waals surface area contributed by atoms with Crippen LogP contribution in [-0.4, -0.2) is 88.0 Å². The fourth-order valence-corrected chi connectivity index (χ4v) is 13.0. The van der Waals surface area contributed by atoms with Crippen molar-refractivity contribution in [1.82, 2.24) is 0 Å². The highest BCUT2D eigenvalue weighted by molar-refractivity contribution is 7.87. The molecule has 450 valence electrons. The van der Waals surface area contributed by atoms with Crippen molar-refractivity contribution in [3.63, 3.8) is 0 Å². The summed E-state index contributed by atoms with van der Waals surface area (Å²) >= 11 is 0. The Labute approximate surface area is 484 Å². The van der Waals surface area contributed by atoms with Crippen molar-refractivity contribution < 1.29 is 96.8 Å². The second-order valence-electron chi connectivity index (χ2n) is 18.4. The number of aryl methyl sites for hydroxylation is 3. The van der Waals surface area contributed by atoms with Gasteiger partial charge in [-0.1, -0.05) is 23.8 Å². The molecule has 86 heavy (non-hydrogen) atoms. The van der Waals surface area contributed by atoms with Gasteiger partial charge >= 0.3 is 0 Å².